The first-order chi connectivity index (χ1) is 18.1. The standard InChI is InChI=1S/C32H39NO4/c34-31(17-11-3-1-2-6-12-26-13-7-4-8-14-26)33-29(20-23-32(35)36)24-27-18-21-30(22-19-27)37-25-28-15-9-5-10-16-28/h4-5,7-10,13-16,18-19,21-22,29H,1-3,6,11-12,17,20,23-25H2,(H,33,34)(H,35,36)/t29-/m0/s1. The molecule has 0 aliphatic carbocycles. The molecule has 0 aromatic heterocycles. The quantitative estimate of drug-likeness (QED) is 0.201. The lowest BCUT2D eigenvalue weighted by atomic mass is 10.0. The van der Waals surface area contributed by atoms with Gasteiger partial charge in [0.25, 0.3) is 0 Å². The molecule has 0 aliphatic heterocycles. The van der Waals surface area contributed by atoms with Crippen LogP contribution in [0.15, 0.2) is 84.9 Å². The number of aliphatic carboxylic acids is 1. The highest BCUT2D eigenvalue weighted by molar-refractivity contribution is 5.76. The van der Waals surface area contributed by atoms with Crippen LogP contribution in [0.25, 0.3) is 0 Å². The number of hydrogen-bond donors (Lipinski definition) is 2. The van der Waals surface area contributed by atoms with Crippen molar-refractivity contribution in [3.05, 3.63) is 102 Å². The Morgan fingerprint density at radius 3 is 2.00 bits per heavy atom. The molecule has 0 radical (unpaired) electrons. The molecule has 0 saturated carbocycles. The summed E-state index contributed by atoms with van der Waals surface area (Å²) in [5.74, 6) is -0.0654. The van der Waals surface area contributed by atoms with Gasteiger partial charge in [-0.25, -0.2) is 0 Å². The number of hydrogen-bond acceptors (Lipinski definition) is 3. The number of amides is 1. The summed E-state index contributed by atoms with van der Waals surface area (Å²) in [5, 5.41) is 12.2. The zero-order chi connectivity index (χ0) is 26.1. The number of carboxylic acid groups (broad SMARTS) is 1. The van der Waals surface area contributed by atoms with Gasteiger partial charge in [-0.3, -0.25) is 9.59 Å². The predicted octanol–water partition coefficient (Wildman–Crippen LogP) is 6.74. The first-order valence-corrected chi connectivity index (χ1v) is 13.4. The molecular weight excluding hydrogens is 462 g/mol. The molecule has 37 heavy (non-hydrogen) atoms. The highest BCUT2D eigenvalue weighted by Crippen LogP contribution is 2.17. The number of unbranched alkanes of at least 4 members (excludes halogenated alkanes) is 4. The minimum Gasteiger partial charge on any atom is -0.489 e. The smallest absolute Gasteiger partial charge is 0.303 e. The summed E-state index contributed by atoms with van der Waals surface area (Å²) in [6.45, 7) is 0.504. The maximum atomic E-state index is 12.6. The summed E-state index contributed by atoms with van der Waals surface area (Å²) in [6.07, 6.45) is 7.98. The average Bonchev–Trinajstić information content (AvgIpc) is 2.92. The normalized spacial score (nSPS) is 11.6. The monoisotopic (exact) mass is 501 g/mol. The van der Waals surface area contributed by atoms with Gasteiger partial charge in [-0.05, 0) is 60.9 Å². The molecule has 0 bridgehead atoms. The van der Waals surface area contributed by atoms with Crippen LogP contribution in [0.5, 0.6) is 5.75 Å². The SMILES string of the molecule is O=C(O)CC[C@@H](Cc1ccc(OCc2ccccc2)cc1)NC(=O)CCCCCCCc1ccccc1. The molecule has 0 spiro atoms. The molecule has 0 fully saturated rings. The average molecular weight is 502 g/mol. The van der Waals surface area contributed by atoms with E-state index in [4.69, 9.17) is 9.84 Å². The fourth-order valence-electron chi connectivity index (χ4n) is 4.36. The second kappa shape index (κ2) is 16.2. The van der Waals surface area contributed by atoms with Crippen LogP contribution in [-0.4, -0.2) is 23.0 Å². The molecule has 5 heteroatoms. The number of carbonyl (C=O) groups is 2. The van der Waals surface area contributed by atoms with E-state index in [1.807, 2.05) is 60.7 Å². The van der Waals surface area contributed by atoms with Crippen LogP contribution < -0.4 is 10.1 Å². The minimum absolute atomic E-state index is 0.00230. The third kappa shape index (κ3) is 11.8. The Labute approximate surface area is 220 Å². The topological polar surface area (TPSA) is 75.6 Å². The summed E-state index contributed by atoms with van der Waals surface area (Å²) in [6, 6.07) is 28.1. The molecule has 0 heterocycles. The molecule has 3 aromatic carbocycles. The van der Waals surface area contributed by atoms with Crippen molar-refractivity contribution in [1.29, 1.82) is 0 Å². The molecule has 3 rings (SSSR count). The van der Waals surface area contributed by atoms with E-state index < -0.39 is 5.97 Å². The molecule has 1 atom stereocenters. The molecule has 1 amide bonds. The van der Waals surface area contributed by atoms with Crippen molar-refractivity contribution in [2.45, 2.75) is 76.9 Å². The fraction of sp³-hybridized carbons (Fsp3) is 0.375. The number of rotatable bonds is 17. The van der Waals surface area contributed by atoms with Crippen molar-refractivity contribution < 1.29 is 19.4 Å². The Hall–Kier alpha value is -3.60. The van der Waals surface area contributed by atoms with Crippen molar-refractivity contribution in [3.63, 3.8) is 0 Å². The highest BCUT2D eigenvalue weighted by atomic mass is 16.5. The molecule has 196 valence electrons. The fourth-order valence-corrected chi connectivity index (χ4v) is 4.36. The highest BCUT2D eigenvalue weighted by Gasteiger charge is 2.15. The van der Waals surface area contributed by atoms with Gasteiger partial charge < -0.3 is 15.2 Å². The van der Waals surface area contributed by atoms with Crippen LogP contribution in [-0.2, 0) is 29.0 Å². The number of aryl methyl sites for hydroxylation is 1. The van der Waals surface area contributed by atoms with E-state index in [2.05, 4.69) is 29.6 Å². The summed E-state index contributed by atoms with van der Waals surface area (Å²) >= 11 is 0. The van der Waals surface area contributed by atoms with Crippen molar-refractivity contribution in [2.24, 2.45) is 0 Å². The Bertz CT molecular complexity index is 1050. The van der Waals surface area contributed by atoms with Gasteiger partial charge in [-0.2, -0.15) is 0 Å². The maximum absolute atomic E-state index is 12.6. The third-order valence-electron chi connectivity index (χ3n) is 6.44. The van der Waals surface area contributed by atoms with Gasteiger partial charge in [0.2, 0.25) is 5.91 Å². The molecule has 0 aliphatic rings. The summed E-state index contributed by atoms with van der Waals surface area (Å²) < 4.78 is 5.85. The summed E-state index contributed by atoms with van der Waals surface area (Å²) in [7, 11) is 0. The van der Waals surface area contributed by atoms with Crippen LogP contribution in [0.2, 0.25) is 0 Å². The van der Waals surface area contributed by atoms with Gasteiger partial charge >= 0.3 is 5.97 Å². The Balaban J connectivity index is 1.37. The second-order valence-electron chi connectivity index (χ2n) is 9.57. The van der Waals surface area contributed by atoms with Crippen LogP contribution >= 0.6 is 0 Å². The van der Waals surface area contributed by atoms with Crippen molar-refractivity contribution in [3.8, 4) is 5.75 Å². The molecule has 0 saturated heterocycles. The third-order valence-corrected chi connectivity index (χ3v) is 6.44. The van der Waals surface area contributed by atoms with E-state index in [1.54, 1.807) is 0 Å². The van der Waals surface area contributed by atoms with Crippen LogP contribution in [0.3, 0.4) is 0 Å². The van der Waals surface area contributed by atoms with Gasteiger partial charge in [-0.1, -0.05) is 92.1 Å². The first-order valence-electron chi connectivity index (χ1n) is 13.4. The van der Waals surface area contributed by atoms with Gasteiger partial charge in [0.1, 0.15) is 12.4 Å². The van der Waals surface area contributed by atoms with Crippen LogP contribution in [0, 0.1) is 0 Å². The van der Waals surface area contributed by atoms with Gasteiger partial charge in [0, 0.05) is 18.9 Å². The van der Waals surface area contributed by atoms with Gasteiger partial charge in [-0.15, -0.1) is 0 Å². The second-order valence-corrected chi connectivity index (χ2v) is 9.57. The van der Waals surface area contributed by atoms with Crippen molar-refractivity contribution in [2.75, 3.05) is 0 Å². The lowest BCUT2D eigenvalue weighted by Gasteiger charge is -2.18. The van der Waals surface area contributed by atoms with E-state index in [-0.39, 0.29) is 18.4 Å². The number of carbonyl (C=O) groups excluding carboxylic acids is 1. The molecule has 2 N–H and O–H groups in total. The number of nitrogens with one attached hydrogen (secondary N) is 1. The lowest BCUT2D eigenvalue weighted by molar-refractivity contribution is -0.137. The van der Waals surface area contributed by atoms with Crippen molar-refractivity contribution >= 4 is 11.9 Å². The van der Waals surface area contributed by atoms with E-state index >= 15 is 0 Å². The number of carboxylic acids is 1. The summed E-state index contributed by atoms with van der Waals surface area (Å²) in [4.78, 5) is 23.7. The molecule has 0 unspecified atom stereocenters. The first kappa shape index (κ1) is 28.0. The van der Waals surface area contributed by atoms with Crippen LogP contribution in [0.4, 0.5) is 0 Å². The Morgan fingerprint density at radius 1 is 0.703 bits per heavy atom. The summed E-state index contributed by atoms with van der Waals surface area (Å²) in [5.41, 5.74) is 3.53. The van der Waals surface area contributed by atoms with Gasteiger partial charge in [0.15, 0.2) is 0 Å². The van der Waals surface area contributed by atoms with E-state index in [0.29, 0.717) is 25.9 Å². The van der Waals surface area contributed by atoms with E-state index in [9.17, 15) is 9.59 Å². The van der Waals surface area contributed by atoms with Crippen molar-refractivity contribution in [1.82, 2.24) is 5.32 Å². The van der Waals surface area contributed by atoms with Crippen LogP contribution in [0.1, 0.15) is 68.1 Å². The number of benzene rings is 3. The predicted molar refractivity (Wildman–Crippen MR) is 148 cm³/mol. The Kier molecular flexibility index (Phi) is 12.3. The number of ether oxygens (including phenoxy) is 1. The zero-order valence-corrected chi connectivity index (χ0v) is 21.6. The van der Waals surface area contributed by atoms with E-state index in [1.165, 1.54) is 18.4 Å². The lowest BCUT2D eigenvalue weighted by Crippen LogP contribution is -2.36. The molecule has 5 nitrogen and oxygen atoms in total. The van der Waals surface area contributed by atoms with Gasteiger partial charge in [0.05, 0.1) is 0 Å². The Morgan fingerprint density at radius 2 is 1.32 bits per heavy atom. The molecule has 3 aromatic rings. The zero-order valence-electron chi connectivity index (χ0n) is 21.6. The maximum Gasteiger partial charge on any atom is 0.303 e. The molecular formula is C32H39NO4. The largest absolute Gasteiger partial charge is 0.489 e. The van der Waals surface area contributed by atoms with E-state index in [0.717, 1.165) is 42.6 Å². The minimum atomic E-state index is -0.848.